The number of nitrogens with two attached hydrogens (primary N) is 1. The molecule has 0 aliphatic heterocycles. The maximum atomic E-state index is 8.80. The normalized spacial score (nSPS) is 12.6. The molecular weight excluding hydrogens is 330 g/mol. The number of anilines is 1. The Balaban J connectivity index is 2.13. The molecule has 0 unspecified atom stereocenters. The Morgan fingerprint density at radius 2 is 1.90 bits per heavy atom. The molecule has 2 aromatic carbocycles. The van der Waals surface area contributed by atoms with Gasteiger partial charge in [-0.3, -0.25) is 0 Å². The van der Waals surface area contributed by atoms with Crippen molar-refractivity contribution in [3.8, 4) is 0 Å². The lowest BCUT2D eigenvalue weighted by Crippen LogP contribution is -2.33. The van der Waals surface area contributed by atoms with Crippen LogP contribution in [0.4, 0.5) is 5.69 Å². The van der Waals surface area contributed by atoms with Gasteiger partial charge in [0, 0.05) is 27.5 Å². The van der Waals surface area contributed by atoms with Crippen LogP contribution in [0, 0.1) is 5.41 Å². The van der Waals surface area contributed by atoms with Gasteiger partial charge in [-0.05, 0) is 23.9 Å². The molecular formula is C16H20BrN3O. The van der Waals surface area contributed by atoms with Crippen LogP contribution < -0.4 is 11.1 Å². The van der Waals surface area contributed by atoms with Crippen molar-refractivity contribution in [3.63, 3.8) is 0 Å². The van der Waals surface area contributed by atoms with E-state index >= 15 is 0 Å². The monoisotopic (exact) mass is 349 g/mol. The van der Waals surface area contributed by atoms with Gasteiger partial charge < -0.3 is 16.3 Å². The van der Waals surface area contributed by atoms with E-state index in [4.69, 9.17) is 10.9 Å². The van der Waals surface area contributed by atoms with Crippen molar-refractivity contribution in [3.05, 3.63) is 40.9 Å². The summed E-state index contributed by atoms with van der Waals surface area (Å²) in [6.07, 6.45) is 0.771. The quantitative estimate of drug-likeness (QED) is 0.328. The maximum absolute atomic E-state index is 8.80. The summed E-state index contributed by atoms with van der Waals surface area (Å²) in [7, 11) is 0. The average molecular weight is 350 g/mol. The Hall–Kier alpha value is -1.75. The zero-order chi connectivity index (χ0) is 15.5. The second kappa shape index (κ2) is 6.35. The lowest BCUT2D eigenvalue weighted by molar-refractivity contribution is 0.306. The van der Waals surface area contributed by atoms with E-state index in [2.05, 4.69) is 44.6 Å². The van der Waals surface area contributed by atoms with Gasteiger partial charge >= 0.3 is 0 Å². The maximum Gasteiger partial charge on any atom is 0.144 e. The number of nitrogens with zero attached hydrogens (tertiary/aromatic N) is 1. The summed E-state index contributed by atoms with van der Waals surface area (Å²) in [4.78, 5) is 0. The zero-order valence-electron chi connectivity index (χ0n) is 12.2. The Bertz CT molecular complexity index is 668. The Morgan fingerprint density at radius 3 is 2.57 bits per heavy atom. The first-order valence-corrected chi connectivity index (χ1v) is 7.64. The van der Waals surface area contributed by atoms with Crippen LogP contribution in [0.5, 0.6) is 0 Å². The third-order valence-corrected chi connectivity index (χ3v) is 4.43. The number of halogens is 1. The second-order valence-corrected chi connectivity index (χ2v) is 6.54. The number of hydrogen-bond acceptors (Lipinski definition) is 3. The van der Waals surface area contributed by atoms with Crippen molar-refractivity contribution in [1.29, 1.82) is 0 Å². The molecule has 0 atom stereocenters. The minimum Gasteiger partial charge on any atom is -0.409 e. The van der Waals surface area contributed by atoms with E-state index in [1.165, 1.54) is 10.8 Å². The third kappa shape index (κ3) is 3.47. The summed E-state index contributed by atoms with van der Waals surface area (Å²) in [5.41, 5.74) is 6.45. The number of fused-ring (bicyclic) bond motifs is 1. The van der Waals surface area contributed by atoms with Crippen LogP contribution in [-0.2, 0) is 0 Å². The minimum atomic E-state index is -0.340. The van der Waals surface area contributed by atoms with E-state index in [1.54, 1.807) is 0 Å². The molecule has 0 aliphatic carbocycles. The molecule has 0 amide bonds. The molecule has 5 heteroatoms. The summed E-state index contributed by atoms with van der Waals surface area (Å²) < 4.78 is 1.08. The second-order valence-electron chi connectivity index (χ2n) is 5.69. The van der Waals surface area contributed by atoms with E-state index in [1.807, 2.05) is 32.0 Å². The fourth-order valence-corrected chi connectivity index (χ4v) is 2.67. The molecule has 112 valence electrons. The summed E-state index contributed by atoms with van der Waals surface area (Å²) in [5.74, 6) is 0.255. The number of nitrogens with one attached hydrogen (secondary N) is 1. The third-order valence-electron chi connectivity index (χ3n) is 3.74. The molecule has 2 aromatic rings. The molecule has 0 saturated carbocycles. The van der Waals surface area contributed by atoms with Crippen LogP contribution in [0.1, 0.15) is 20.3 Å². The van der Waals surface area contributed by atoms with Crippen molar-refractivity contribution in [2.45, 2.75) is 20.3 Å². The molecule has 0 heterocycles. The predicted molar refractivity (Wildman–Crippen MR) is 91.9 cm³/mol. The number of hydrogen-bond donors (Lipinski definition) is 3. The Morgan fingerprint density at radius 1 is 1.24 bits per heavy atom. The number of rotatable bonds is 5. The first kappa shape index (κ1) is 15.6. The average Bonchev–Trinajstić information content (AvgIpc) is 2.49. The van der Waals surface area contributed by atoms with Crippen LogP contribution in [0.15, 0.2) is 46.0 Å². The molecule has 0 saturated heterocycles. The van der Waals surface area contributed by atoms with Gasteiger partial charge in [-0.1, -0.05) is 59.2 Å². The molecule has 21 heavy (non-hydrogen) atoms. The van der Waals surface area contributed by atoms with Gasteiger partial charge in [-0.2, -0.15) is 0 Å². The Kier molecular flexibility index (Phi) is 4.73. The van der Waals surface area contributed by atoms with E-state index in [0.29, 0.717) is 0 Å². The topological polar surface area (TPSA) is 70.6 Å². The predicted octanol–water partition coefficient (Wildman–Crippen LogP) is 4.18. The van der Waals surface area contributed by atoms with Crippen molar-refractivity contribution in [2.24, 2.45) is 16.3 Å². The van der Waals surface area contributed by atoms with Gasteiger partial charge in [0.2, 0.25) is 0 Å². The standard InChI is InChI=1S/C16H20BrN3O/c1-16(2,15(18)20-21)9-10-19-14-8-7-13(17)11-5-3-4-6-12(11)14/h3-8,19,21H,9-10H2,1-2H3,(H2,18,20). The Labute approximate surface area is 133 Å². The van der Waals surface area contributed by atoms with Crippen LogP contribution in [-0.4, -0.2) is 17.6 Å². The molecule has 0 spiro atoms. The smallest absolute Gasteiger partial charge is 0.144 e. The van der Waals surface area contributed by atoms with Crippen LogP contribution in [0.3, 0.4) is 0 Å². The first-order valence-electron chi connectivity index (χ1n) is 6.85. The van der Waals surface area contributed by atoms with E-state index in [-0.39, 0.29) is 11.3 Å². The highest BCUT2D eigenvalue weighted by Gasteiger charge is 2.23. The summed E-state index contributed by atoms with van der Waals surface area (Å²) >= 11 is 3.57. The highest BCUT2D eigenvalue weighted by molar-refractivity contribution is 9.10. The van der Waals surface area contributed by atoms with Crippen molar-refractivity contribution < 1.29 is 5.21 Å². The SMILES string of the molecule is CC(C)(CCNc1ccc(Br)c2ccccc12)/C(N)=N/O. The van der Waals surface area contributed by atoms with Gasteiger partial charge in [0.25, 0.3) is 0 Å². The summed E-state index contributed by atoms with van der Waals surface area (Å²) in [6, 6.07) is 12.3. The lowest BCUT2D eigenvalue weighted by Gasteiger charge is -2.23. The van der Waals surface area contributed by atoms with Gasteiger partial charge in [-0.25, -0.2) is 0 Å². The van der Waals surface area contributed by atoms with Gasteiger partial charge in [0.1, 0.15) is 5.84 Å². The molecule has 0 aromatic heterocycles. The lowest BCUT2D eigenvalue weighted by atomic mass is 9.88. The van der Waals surface area contributed by atoms with Crippen LogP contribution >= 0.6 is 15.9 Å². The van der Waals surface area contributed by atoms with Crippen LogP contribution in [0.25, 0.3) is 10.8 Å². The number of oxime groups is 1. The van der Waals surface area contributed by atoms with Crippen molar-refractivity contribution >= 4 is 38.2 Å². The fraction of sp³-hybridized carbons (Fsp3) is 0.312. The first-order chi connectivity index (χ1) is 9.95. The minimum absolute atomic E-state index is 0.255. The summed E-state index contributed by atoms with van der Waals surface area (Å²) in [6.45, 7) is 4.67. The van der Waals surface area contributed by atoms with Crippen LogP contribution in [0.2, 0.25) is 0 Å². The van der Waals surface area contributed by atoms with Crippen molar-refractivity contribution in [2.75, 3.05) is 11.9 Å². The van der Waals surface area contributed by atoms with Crippen molar-refractivity contribution in [1.82, 2.24) is 0 Å². The molecule has 4 nitrogen and oxygen atoms in total. The molecule has 0 radical (unpaired) electrons. The molecule has 0 fully saturated rings. The van der Waals surface area contributed by atoms with Gasteiger partial charge in [0.05, 0.1) is 0 Å². The molecule has 4 N–H and O–H groups in total. The number of benzene rings is 2. The van der Waals surface area contributed by atoms with E-state index < -0.39 is 0 Å². The highest BCUT2D eigenvalue weighted by Crippen LogP contribution is 2.30. The van der Waals surface area contributed by atoms with E-state index in [9.17, 15) is 0 Å². The summed E-state index contributed by atoms with van der Waals surface area (Å²) in [5, 5.41) is 17.7. The van der Waals surface area contributed by atoms with Gasteiger partial charge in [-0.15, -0.1) is 0 Å². The largest absolute Gasteiger partial charge is 0.409 e. The zero-order valence-corrected chi connectivity index (χ0v) is 13.8. The highest BCUT2D eigenvalue weighted by atomic mass is 79.9. The fourth-order valence-electron chi connectivity index (χ4n) is 2.19. The molecule has 0 bridgehead atoms. The van der Waals surface area contributed by atoms with Gasteiger partial charge in [0.15, 0.2) is 0 Å². The molecule has 0 aliphatic rings. The van der Waals surface area contributed by atoms with E-state index in [0.717, 1.165) is 23.1 Å². The molecule has 2 rings (SSSR count). The number of amidine groups is 1.